The maximum Gasteiger partial charge on any atom is 0.162 e. The summed E-state index contributed by atoms with van der Waals surface area (Å²) in [4.78, 5) is 11.4. The van der Waals surface area contributed by atoms with Crippen molar-refractivity contribution in [2.45, 2.75) is 83.0 Å². The minimum atomic E-state index is -0.664. The Morgan fingerprint density at radius 2 is 1.38 bits per heavy atom. The Labute approximate surface area is 143 Å². The highest BCUT2D eigenvalue weighted by atomic mass is 19.2. The van der Waals surface area contributed by atoms with Crippen LogP contribution in [0.15, 0.2) is 12.1 Å². The third-order valence-electron chi connectivity index (χ3n) is 6.11. The van der Waals surface area contributed by atoms with Crippen molar-refractivity contribution in [1.29, 1.82) is 0 Å². The third-order valence-corrected chi connectivity index (χ3v) is 6.11. The fraction of sp³-hybridized carbons (Fsp3) is 0.667. The van der Waals surface area contributed by atoms with Gasteiger partial charge in [-0.1, -0.05) is 31.9 Å². The molecule has 132 valence electrons. The van der Waals surface area contributed by atoms with Crippen LogP contribution in [0.5, 0.6) is 0 Å². The summed E-state index contributed by atoms with van der Waals surface area (Å²) in [6, 6.07) is 3.60. The van der Waals surface area contributed by atoms with Gasteiger partial charge in [-0.15, -0.1) is 0 Å². The molecular formula is C21H28F2O. The molecule has 0 heterocycles. The first-order chi connectivity index (χ1) is 11.6. The number of ketones is 1. The fourth-order valence-electron chi connectivity index (χ4n) is 4.63. The van der Waals surface area contributed by atoms with Crippen LogP contribution >= 0.6 is 0 Å². The van der Waals surface area contributed by atoms with Gasteiger partial charge in [0.1, 0.15) is 5.78 Å². The molecule has 2 fully saturated rings. The predicted octanol–water partition coefficient (Wildman–Crippen LogP) is 6.27. The van der Waals surface area contributed by atoms with Crippen LogP contribution in [0.25, 0.3) is 0 Å². The number of halogens is 2. The molecular weight excluding hydrogens is 306 g/mol. The SMILES string of the molecule is CCCC1CCC(c2ccc(C3CCC(=O)CC3)c(F)c2F)CC1. The Hall–Kier alpha value is -1.25. The van der Waals surface area contributed by atoms with E-state index in [-0.39, 0.29) is 17.6 Å². The molecule has 0 bridgehead atoms. The van der Waals surface area contributed by atoms with Crippen molar-refractivity contribution in [2.75, 3.05) is 0 Å². The summed E-state index contributed by atoms with van der Waals surface area (Å²) in [6.45, 7) is 2.21. The summed E-state index contributed by atoms with van der Waals surface area (Å²) < 4.78 is 29.3. The van der Waals surface area contributed by atoms with Crippen molar-refractivity contribution >= 4 is 5.78 Å². The molecule has 2 saturated carbocycles. The van der Waals surface area contributed by atoms with Crippen molar-refractivity contribution in [3.63, 3.8) is 0 Å². The number of rotatable bonds is 4. The summed E-state index contributed by atoms with van der Waals surface area (Å²) in [5.41, 5.74) is 1.04. The van der Waals surface area contributed by atoms with E-state index in [4.69, 9.17) is 0 Å². The standard InChI is InChI=1S/C21H28F2O/c1-2-3-14-4-6-15(7-5-14)18-12-13-19(21(23)20(18)22)16-8-10-17(24)11-9-16/h12-16H,2-11H2,1H3. The van der Waals surface area contributed by atoms with Gasteiger partial charge in [0.2, 0.25) is 0 Å². The molecule has 0 unspecified atom stereocenters. The second kappa shape index (κ2) is 7.76. The Bertz CT molecular complexity index is 578. The fourth-order valence-corrected chi connectivity index (χ4v) is 4.63. The lowest BCUT2D eigenvalue weighted by Crippen LogP contribution is -2.17. The van der Waals surface area contributed by atoms with Crippen LogP contribution < -0.4 is 0 Å². The summed E-state index contributed by atoms with van der Waals surface area (Å²) in [5.74, 6) is -0.141. The maximum atomic E-state index is 14.7. The number of hydrogen-bond donors (Lipinski definition) is 0. The zero-order valence-electron chi connectivity index (χ0n) is 14.6. The summed E-state index contributed by atoms with van der Waals surface area (Å²) in [7, 11) is 0. The smallest absolute Gasteiger partial charge is 0.162 e. The average Bonchev–Trinajstić information content (AvgIpc) is 2.59. The summed E-state index contributed by atoms with van der Waals surface area (Å²) in [5, 5.41) is 0. The first-order valence-corrected chi connectivity index (χ1v) is 9.59. The molecule has 0 amide bonds. The average molecular weight is 334 g/mol. The van der Waals surface area contributed by atoms with Gasteiger partial charge in [-0.05, 0) is 67.4 Å². The molecule has 2 aliphatic carbocycles. The Morgan fingerprint density at radius 1 is 0.875 bits per heavy atom. The highest BCUT2D eigenvalue weighted by molar-refractivity contribution is 5.79. The second-order valence-corrected chi connectivity index (χ2v) is 7.69. The lowest BCUT2D eigenvalue weighted by Gasteiger charge is -2.29. The highest BCUT2D eigenvalue weighted by Gasteiger charge is 2.28. The molecule has 0 spiro atoms. The van der Waals surface area contributed by atoms with Gasteiger partial charge in [-0.2, -0.15) is 0 Å². The first kappa shape index (κ1) is 17.6. The molecule has 0 radical (unpaired) electrons. The predicted molar refractivity (Wildman–Crippen MR) is 92.2 cm³/mol. The zero-order chi connectivity index (χ0) is 17.1. The summed E-state index contributed by atoms with van der Waals surface area (Å²) in [6.07, 6.45) is 8.95. The van der Waals surface area contributed by atoms with Gasteiger partial charge in [0.15, 0.2) is 11.6 Å². The van der Waals surface area contributed by atoms with E-state index in [0.29, 0.717) is 36.8 Å². The quantitative estimate of drug-likeness (QED) is 0.634. The van der Waals surface area contributed by atoms with Gasteiger partial charge in [-0.3, -0.25) is 4.79 Å². The molecule has 0 N–H and O–H groups in total. The second-order valence-electron chi connectivity index (χ2n) is 7.69. The molecule has 24 heavy (non-hydrogen) atoms. The molecule has 0 atom stereocenters. The van der Waals surface area contributed by atoms with E-state index in [2.05, 4.69) is 6.92 Å². The van der Waals surface area contributed by atoms with Crippen molar-refractivity contribution in [1.82, 2.24) is 0 Å². The lowest BCUT2D eigenvalue weighted by molar-refractivity contribution is -0.120. The minimum absolute atomic E-state index is 0.00783. The van der Waals surface area contributed by atoms with E-state index in [1.807, 2.05) is 6.07 Å². The highest BCUT2D eigenvalue weighted by Crippen LogP contribution is 2.40. The molecule has 2 aliphatic rings. The Morgan fingerprint density at radius 3 is 1.88 bits per heavy atom. The van der Waals surface area contributed by atoms with E-state index in [1.165, 1.54) is 12.8 Å². The van der Waals surface area contributed by atoms with Gasteiger partial charge >= 0.3 is 0 Å². The maximum absolute atomic E-state index is 14.7. The molecule has 0 saturated heterocycles. The normalized spacial score (nSPS) is 25.9. The van der Waals surface area contributed by atoms with Crippen LogP contribution in [-0.4, -0.2) is 5.78 Å². The van der Waals surface area contributed by atoms with E-state index in [9.17, 15) is 13.6 Å². The molecule has 1 aromatic rings. The topological polar surface area (TPSA) is 17.1 Å². The van der Waals surface area contributed by atoms with Crippen LogP contribution in [0.4, 0.5) is 8.78 Å². The van der Waals surface area contributed by atoms with Gasteiger partial charge in [0.25, 0.3) is 0 Å². The molecule has 1 nitrogen and oxygen atoms in total. The van der Waals surface area contributed by atoms with Gasteiger partial charge in [0.05, 0.1) is 0 Å². The minimum Gasteiger partial charge on any atom is -0.300 e. The van der Waals surface area contributed by atoms with Crippen LogP contribution in [0.2, 0.25) is 0 Å². The Balaban J connectivity index is 1.72. The zero-order valence-corrected chi connectivity index (χ0v) is 14.6. The van der Waals surface area contributed by atoms with Crippen LogP contribution in [0.1, 0.15) is 94.1 Å². The largest absolute Gasteiger partial charge is 0.300 e. The Kier molecular flexibility index (Phi) is 5.68. The number of Topliss-reactive ketones (excluding diaryl/α,β-unsaturated/α-hetero) is 1. The van der Waals surface area contributed by atoms with Gasteiger partial charge in [-0.25, -0.2) is 8.78 Å². The first-order valence-electron chi connectivity index (χ1n) is 9.59. The van der Waals surface area contributed by atoms with E-state index in [0.717, 1.165) is 31.6 Å². The molecule has 1 aromatic carbocycles. The van der Waals surface area contributed by atoms with E-state index < -0.39 is 11.6 Å². The number of carbonyl (C=O) groups excluding carboxylic acids is 1. The van der Waals surface area contributed by atoms with Gasteiger partial charge < -0.3 is 0 Å². The van der Waals surface area contributed by atoms with Crippen molar-refractivity contribution in [3.8, 4) is 0 Å². The number of carbonyl (C=O) groups is 1. The summed E-state index contributed by atoms with van der Waals surface area (Å²) >= 11 is 0. The van der Waals surface area contributed by atoms with E-state index in [1.54, 1.807) is 6.07 Å². The molecule has 0 aliphatic heterocycles. The van der Waals surface area contributed by atoms with Crippen molar-refractivity contribution in [2.24, 2.45) is 5.92 Å². The lowest BCUT2D eigenvalue weighted by atomic mass is 9.76. The van der Waals surface area contributed by atoms with Crippen molar-refractivity contribution in [3.05, 3.63) is 34.9 Å². The van der Waals surface area contributed by atoms with Crippen LogP contribution in [-0.2, 0) is 4.79 Å². The molecule has 3 rings (SSSR count). The van der Waals surface area contributed by atoms with Crippen LogP contribution in [0.3, 0.4) is 0 Å². The monoisotopic (exact) mass is 334 g/mol. The van der Waals surface area contributed by atoms with Crippen LogP contribution in [0, 0.1) is 17.6 Å². The van der Waals surface area contributed by atoms with Gasteiger partial charge in [0, 0.05) is 12.8 Å². The molecule has 0 aromatic heterocycles. The van der Waals surface area contributed by atoms with E-state index >= 15 is 0 Å². The number of hydrogen-bond acceptors (Lipinski definition) is 1. The third kappa shape index (κ3) is 3.70. The van der Waals surface area contributed by atoms with Crippen molar-refractivity contribution < 1.29 is 13.6 Å². The number of benzene rings is 1. The molecule has 3 heteroatoms.